The summed E-state index contributed by atoms with van der Waals surface area (Å²) in [5.41, 5.74) is 8.12. The van der Waals surface area contributed by atoms with E-state index in [1.165, 1.54) is 0 Å². The van der Waals surface area contributed by atoms with E-state index in [0.29, 0.717) is 11.3 Å². The van der Waals surface area contributed by atoms with Crippen LogP contribution in [0.15, 0.2) is 89.8 Å². The predicted octanol–water partition coefficient (Wildman–Crippen LogP) is 4.62. The maximum Gasteiger partial charge on any atom is 0.338 e. The second-order valence-corrected chi connectivity index (χ2v) is 6.82. The van der Waals surface area contributed by atoms with E-state index < -0.39 is 11.9 Å². The number of hydrogen-bond acceptors (Lipinski definition) is 5. The number of carbonyl (C=O) groups is 1. The van der Waals surface area contributed by atoms with E-state index in [1.807, 2.05) is 72.8 Å². The highest BCUT2D eigenvalue weighted by Gasteiger charge is 2.38. The summed E-state index contributed by atoms with van der Waals surface area (Å²) in [4.78, 5) is 13.1. The van der Waals surface area contributed by atoms with Gasteiger partial charge in [-0.1, -0.05) is 72.8 Å². The molecule has 1 aliphatic rings. The van der Waals surface area contributed by atoms with Gasteiger partial charge in [-0.25, -0.2) is 4.79 Å². The smallest absolute Gasteiger partial charge is 0.338 e. The molecule has 5 heteroatoms. The van der Waals surface area contributed by atoms with E-state index in [4.69, 9.17) is 15.2 Å². The van der Waals surface area contributed by atoms with Gasteiger partial charge in [-0.05, 0) is 23.3 Å². The first-order chi connectivity index (χ1) is 14.7. The second kappa shape index (κ2) is 8.14. The molecule has 0 aliphatic carbocycles. The summed E-state index contributed by atoms with van der Waals surface area (Å²) in [6, 6.07) is 25.0. The number of esters is 1. The summed E-state index contributed by atoms with van der Waals surface area (Å²) in [6.07, 6.45) is 0. The third kappa shape index (κ3) is 3.29. The van der Waals surface area contributed by atoms with Gasteiger partial charge in [0.15, 0.2) is 0 Å². The number of ether oxygens (including phenoxy) is 2. The molecule has 1 aliphatic heterocycles. The maximum absolute atomic E-state index is 13.1. The fourth-order valence-electron chi connectivity index (χ4n) is 3.79. The summed E-state index contributed by atoms with van der Waals surface area (Å²) in [5, 5.41) is 11.8. The number of hydrogen-bond donors (Lipinski definition) is 1. The number of carbonyl (C=O) groups excluding carboxylic acids is 1. The topological polar surface area (TPSA) is 85.3 Å². The van der Waals surface area contributed by atoms with Crippen molar-refractivity contribution in [1.82, 2.24) is 0 Å². The number of benzene rings is 3. The quantitative estimate of drug-likeness (QED) is 0.650. The van der Waals surface area contributed by atoms with Crippen molar-refractivity contribution < 1.29 is 14.3 Å². The average molecular weight is 396 g/mol. The zero-order chi connectivity index (χ0) is 21.1. The van der Waals surface area contributed by atoms with E-state index in [2.05, 4.69) is 6.07 Å². The van der Waals surface area contributed by atoms with Crippen LogP contribution in [0.3, 0.4) is 0 Å². The molecule has 0 saturated carbocycles. The van der Waals surface area contributed by atoms with Crippen molar-refractivity contribution in [2.24, 2.45) is 5.73 Å². The van der Waals surface area contributed by atoms with E-state index in [0.717, 1.165) is 16.3 Å². The summed E-state index contributed by atoms with van der Waals surface area (Å²) in [5.74, 6) is -0.940. The van der Waals surface area contributed by atoms with Gasteiger partial charge >= 0.3 is 5.97 Å². The predicted molar refractivity (Wildman–Crippen MR) is 115 cm³/mol. The zero-order valence-electron chi connectivity index (χ0n) is 16.5. The maximum atomic E-state index is 13.1. The van der Waals surface area contributed by atoms with Crippen LogP contribution in [0, 0.1) is 11.3 Å². The molecule has 3 aromatic carbocycles. The van der Waals surface area contributed by atoms with Crippen LogP contribution in [0.5, 0.6) is 0 Å². The highest BCUT2D eigenvalue weighted by Crippen LogP contribution is 2.44. The van der Waals surface area contributed by atoms with Crippen molar-refractivity contribution >= 4 is 22.5 Å². The van der Waals surface area contributed by atoms with Crippen molar-refractivity contribution in [1.29, 1.82) is 5.26 Å². The lowest BCUT2D eigenvalue weighted by atomic mass is 9.80. The number of nitrogens with two attached hydrogens (primary N) is 1. The molecule has 3 aromatic rings. The molecule has 0 bridgehead atoms. The molecule has 0 fully saturated rings. The lowest BCUT2D eigenvalue weighted by Gasteiger charge is -2.29. The Labute approximate surface area is 174 Å². The zero-order valence-corrected chi connectivity index (χ0v) is 16.5. The first kappa shape index (κ1) is 19.3. The molecule has 1 unspecified atom stereocenters. The Bertz CT molecular complexity index is 1210. The minimum absolute atomic E-state index is 0.0117. The van der Waals surface area contributed by atoms with Crippen LogP contribution in [0.4, 0.5) is 0 Å². The van der Waals surface area contributed by atoms with Crippen molar-refractivity contribution in [3.63, 3.8) is 0 Å². The fraction of sp³-hybridized carbons (Fsp3) is 0.120. The number of rotatable bonds is 4. The van der Waals surface area contributed by atoms with E-state index >= 15 is 0 Å². The van der Waals surface area contributed by atoms with Crippen LogP contribution in [0.25, 0.3) is 16.5 Å². The first-order valence-electron chi connectivity index (χ1n) is 9.67. The minimum Gasteiger partial charge on any atom is -0.463 e. The van der Waals surface area contributed by atoms with Gasteiger partial charge in [0.25, 0.3) is 0 Å². The Morgan fingerprint density at radius 3 is 2.50 bits per heavy atom. The standard InChI is InChI=1S/C25H20N2O3/c1-2-29-25(28)22-21(19-14-8-12-16-9-6-7-13-18(16)19)20(15-26)24(27)30-23(22)17-10-4-3-5-11-17/h3-14,21H,2,27H2,1H3. The SMILES string of the molecule is CCOC(=O)C1=C(c2ccccc2)OC(N)=C(C#N)C1c1cccc2ccccc12. The second-order valence-electron chi connectivity index (χ2n) is 6.82. The van der Waals surface area contributed by atoms with Gasteiger partial charge in [0.05, 0.1) is 18.1 Å². The summed E-state index contributed by atoms with van der Waals surface area (Å²) < 4.78 is 11.2. The van der Waals surface area contributed by atoms with Crippen molar-refractivity contribution in [3.05, 3.63) is 101 Å². The molecule has 0 amide bonds. The Morgan fingerprint density at radius 1 is 1.07 bits per heavy atom. The number of nitriles is 1. The van der Waals surface area contributed by atoms with Crippen LogP contribution in [0.1, 0.15) is 24.0 Å². The molecule has 0 saturated heterocycles. The van der Waals surface area contributed by atoms with Gasteiger partial charge < -0.3 is 15.2 Å². The van der Waals surface area contributed by atoms with Crippen LogP contribution in [-0.2, 0) is 14.3 Å². The summed E-state index contributed by atoms with van der Waals surface area (Å²) in [7, 11) is 0. The largest absolute Gasteiger partial charge is 0.463 e. The van der Waals surface area contributed by atoms with Crippen LogP contribution in [0.2, 0.25) is 0 Å². The number of allylic oxidation sites excluding steroid dienone is 1. The average Bonchev–Trinajstić information content (AvgIpc) is 2.78. The summed E-state index contributed by atoms with van der Waals surface area (Å²) >= 11 is 0. The van der Waals surface area contributed by atoms with Crippen molar-refractivity contribution in [2.75, 3.05) is 6.61 Å². The molecule has 1 atom stereocenters. The first-order valence-corrected chi connectivity index (χ1v) is 9.67. The molecular formula is C25H20N2O3. The van der Waals surface area contributed by atoms with Crippen LogP contribution in [-0.4, -0.2) is 12.6 Å². The molecule has 30 heavy (non-hydrogen) atoms. The monoisotopic (exact) mass is 396 g/mol. The Balaban J connectivity index is 2.04. The molecule has 148 valence electrons. The van der Waals surface area contributed by atoms with Gasteiger partial charge in [0.1, 0.15) is 17.4 Å². The third-order valence-electron chi connectivity index (χ3n) is 5.09. The Morgan fingerprint density at radius 2 is 1.77 bits per heavy atom. The number of nitrogens with zero attached hydrogens (tertiary/aromatic N) is 1. The molecule has 1 heterocycles. The molecule has 5 nitrogen and oxygen atoms in total. The van der Waals surface area contributed by atoms with Gasteiger partial charge in [-0.2, -0.15) is 5.26 Å². The van der Waals surface area contributed by atoms with E-state index in [9.17, 15) is 10.1 Å². The fourth-order valence-corrected chi connectivity index (χ4v) is 3.79. The van der Waals surface area contributed by atoms with Crippen molar-refractivity contribution in [3.8, 4) is 6.07 Å². The normalized spacial score (nSPS) is 16.2. The molecule has 0 aromatic heterocycles. The van der Waals surface area contributed by atoms with Crippen molar-refractivity contribution in [2.45, 2.75) is 12.8 Å². The van der Waals surface area contributed by atoms with Crippen LogP contribution >= 0.6 is 0 Å². The van der Waals surface area contributed by atoms with E-state index in [-0.39, 0.29) is 23.6 Å². The molecule has 0 radical (unpaired) electrons. The lowest BCUT2D eigenvalue weighted by Crippen LogP contribution is -2.26. The van der Waals surface area contributed by atoms with Gasteiger partial charge in [-0.15, -0.1) is 0 Å². The van der Waals surface area contributed by atoms with Gasteiger partial charge in [-0.3, -0.25) is 0 Å². The number of fused-ring (bicyclic) bond motifs is 1. The lowest BCUT2D eigenvalue weighted by molar-refractivity contribution is -0.138. The molecule has 2 N–H and O–H groups in total. The highest BCUT2D eigenvalue weighted by molar-refractivity contribution is 6.01. The Hall–Kier alpha value is -4.04. The minimum atomic E-state index is -0.705. The van der Waals surface area contributed by atoms with Gasteiger partial charge in [0.2, 0.25) is 5.88 Å². The van der Waals surface area contributed by atoms with Crippen LogP contribution < -0.4 is 5.73 Å². The van der Waals surface area contributed by atoms with E-state index in [1.54, 1.807) is 6.92 Å². The Kier molecular flexibility index (Phi) is 5.23. The van der Waals surface area contributed by atoms with Gasteiger partial charge in [0, 0.05) is 5.56 Å². The molecule has 0 spiro atoms. The highest BCUT2D eigenvalue weighted by atomic mass is 16.5. The summed E-state index contributed by atoms with van der Waals surface area (Å²) in [6.45, 7) is 1.94. The molecule has 4 rings (SSSR count). The molecular weight excluding hydrogens is 376 g/mol. The third-order valence-corrected chi connectivity index (χ3v) is 5.09.